The van der Waals surface area contributed by atoms with E-state index in [9.17, 15) is 15.0 Å². The normalized spacial score (nSPS) is 14.6. The Morgan fingerprint density at radius 1 is 0.618 bits per heavy atom. The molecule has 1 aliphatic rings. The summed E-state index contributed by atoms with van der Waals surface area (Å²) < 4.78 is 30.3. The first kappa shape index (κ1) is 20.4. The largest absolute Gasteiger partial charge is 0.504 e. The van der Waals surface area contributed by atoms with Crippen LogP contribution in [0, 0.1) is 11.6 Å². The van der Waals surface area contributed by atoms with Gasteiger partial charge in [0.25, 0.3) is 0 Å². The van der Waals surface area contributed by atoms with Gasteiger partial charge < -0.3 is 10.2 Å². The van der Waals surface area contributed by atoms with E-state index in [0.717, 1.165) is 0 Å². The fourth-order valence-electron chi connectivity index (χ4n) is 5.51. The van der Waals surface area contributed by atoms with Crippen molar-refractivity contribution in [2.75, 3.05) is 0 Å². The Bertz CT molecular complexity index is 1560. The second-order valence-electron chi connectivity index (χ2n) is 8.65. The minimum atomic E-state index is -1.24. The highest BCUT2D eigenvalue weighted by atomic mass is 19.1. The van der Waals surface area contributed by atoms with E-state index >= 15 is 8.78 Å². The van der Waals surface area contributed by atoms with Crippen LogP contribution in [0.2, 0.25) is 0 Å². The summed E-state index contributed by atoms with van der Waals surface area (Å²) in [6.07, 6.45) is -0.0469. The quantitative estimate of drug-likeness (QED) is 0.317. The summed E-state index contributed by atoms with van der Waals surface area (Å²) in [6, 6.07) is 23.3. The van der Waals surface area contributed by atoms with E-state index in [-0.39, 0.29) is 12.2 Å². The number of aromatic hydroxyl groups is 2. The molecule has 0 heterocycles. The maximum atomic E-state index is 15.1. The first-order chi connectivity index (χ1) is 16.4. The molecule has 0 spiro atoms. The minimum absolute atomic E-state index is 0.0469. The molecule has 3 nitrogen and oxygen atoms in total. The Hall–Kier alpha value is -4.25. The van der Waals surface area contributed by atoms with Crippen molar-refractivity contribution < 1.29 is 23.8 Å². The van der Waals surface area contributed by atoms with Crippen LogP contribution in [-0.2, 0) is 5.41 Å². The summed E-state index contributed by atoms with van der Waals surface area (Å²) in [5.74, 6) is -2.75. The van der Waals surface area contributed by atoms with Crippen LogP contribution < -0.4 is 0 Å². The van der Waals surface area contributed by atoms with E-state index in [1.165, 1.54) is 12.1 Å². The van der Waals surface area contributed by atoms with E-state index in [2.05, 4.69) is 0 Å². The lowest BCUT2D eigenvalue weighted by atomic mass is 9.67. The van der Waals surface area contributed by atoms with Crippen LogP contribution in [0.25, 0.3) is 21.5 Å². The third kappa shape index (κ3) is 2.58. The molecule has 0 amide bonds. The summed E-state index contributed by atoms with van der Waals surface area (Å²) in [4.78, 5) is 13.3. The molecule has 166 valence electrons. The fourth-order valence-corrected chi connectivity index (χ4v) is 5.51. The highest BCUT2D eigenvalue weighted by Gasteiger charge is 2.48. The Morgan fingerprint density at radius 3 is 1.59 bits per heavy atom. The van der Waals surface area contributed by atoms with Crippen molar-refractivity contribution in [2.24, 2.45) is 0 Å². The van der Waals surface area contributed by atoms with Gasteiger partial charge in [-0.2, -0.15) is 0 Å². The zero-order valence-corrected chi connectivity index (χ0v) is 17.8. The van der Waals surface area contributed by atoms with Crippen molar-refractivity contribution in [2.45, 2.75) is 11.8 Å². The van der Waals surface area contributed by atoms with Crippen molar-refractivity contribution in [1.82, 2.24) is 0 Å². The summed E-state index contributed by atoms with van der Waals surface area (Å²) in [6.45, 7) is 0. The fraction of sp³-hybridized carbons (Fsp3) is 0.0690. The molecule has 34 heavy (non-hydrogen) atoms. The summed E-state index contributed by atoms with van der Waals surface area (Å²) in [5, 5.41) is 22.6. The summed E-state index contributed by atoms with van der Waals surface area (Å²) in [7, 11) is 0. The number of benzene rings is 5. The van der Waals surface area contributed by atoms with Crippen LogP contribution in [0.4, 0.5) is 8.78 Å². The lowest BCUT2D eigenvalue weighted by Gasteiger charge is -2.34. The number of carbonyl (C=O) groups is 1. The van der Waals surface area contributed by atoms with Crippen LogP contribution in [0.15, 0.2) is 84.9 Å². The number of phenolic OH excluding ortho intramolecular Hbond substituents is 2. The maximum Gasteiger partial charge on any atom is 0.165 e. The van der Waals surface area contributed by atoms with Crippen LogP contribution in [0.5, 0.6) is 11.5 Å². The summed E-state index contributed by atoms with van der Waals surface area (Å²) in [5.41, 5.74) is 0.776. The molecule has 0 radical (unpaired) electrons. The van der Waals surface area contributed by atoms with Crippen LogP contribution in [0.1, 0.15) is 33.5 Å². The van der Waals surface area contributed by atoms with Crippen LogP contribution >= 0.6 is 0 Å². The number of Topliss-reactive ketones (excluding diaryl/α,β-unsaturated/α-hetero) is 1. The number of halogens is 2. The zero-order valence-electron chi connectivity index (χ0n) is 17.8. The van der Waals surface area contributed by atoms with Crippen molar-refractivity contribution in [3.63, 3.8) is 0 Å². The molecule has 5 aromatic rings. The van der Waals surface area contributed by atoms with Crippen molar-refractivity contribution in [3.05, 3.63) is 119 Å². The smallest absolute Gasteiger partial charge is 0.165 e. The van der Waals surface area contributed by atoms with Gasteiger partial charge in [0.2, 0.25) is 0 Å². The minimum Gasteiger partial charge on any atom is -0.504 e. The van der Waals surface area contributed by atoms with Gasteiger partial charge in [0.05, 0.1) is 5.41 Å². The molecule has 5 aromatic carbocycles. The number of carbonyl (C=O) groups excluding carboxylic acids is 1. The number of rotatable bonds is 2. The van der Waals surface area contributed by atoms with Gasteiger partial charge >= 0.3 is 0 Å². The number of phenols is 2. The lowest BCUT2D eigenvalue weighted by molar-refractivity contribution is 0.0984. The molecule has 2 N–H and O–H groups in total. The van der Waals surface area contributed by atoms with E-state index in [1.807, 2.05) is 0 Å². The van der Waals surface area contributed by atoms with Gasteiger partial charge in [-0.25, -0.2) is 8.78 Å². The van der Waals surface area contributed by atoms with E-state index < -0.39 is 28.5 Å². The SMILES string of the molecule is O=C1CC(c2cc(F)c(O)c3ccccc23)(c2cc(F)c(O)c3ccccc23)c2ccccc21. The van der Waals surface area contributed by atoms with Crippen LogP contribution in [0.3, 0.4) is 0 Å². The molecular weight excluding hydrogens is 434 g/mol. The third-order valence-corrected chi connectivity index (χ3v) is 6.97. The molecule has 1 aliphatic carbocycles. The van der Waals surface area contributed by atoms with Crippen molar-refractivity contribution in [1.29, 1.82) is 0 Å². The van der Waals surface area contributed by atoms with Gasteiger partial charge in [-0.15, -0.1) is 0 Å². The number of fused-ring (bicyclic) bond motifs is 3. The molecule has 0 aliphatic heterocycles. The van der Waals surface area contributed by atoms with Crippen LogP contribution in [-0.4, -0.2) is 16.0 Å². The number of hydrogen-bond acceptors (Lipinski definition) is 3. The molecule has 0 aromatic heterocycles. The zero-order chi connectivity index (χ0) is 23.6. The highest BCUT2D eigenvalue weighted by Crippen LogP contribution is 2.54. The predicted octanol–water partition coefficient (Wildman–Crippen LogP) is 6.60. The first-order valence-electron chi connectivity index (χ1n) is 10.9. The molecule has 0 bridgehead atoms. The van der Waals surface area contributed by atoms with Crippen molar-refractivity contribution in [3.8, 4) is 11.5 Å². The van der Waals surface area contributed by atoms with Gasteiger partial charge in [0.15, 0.2) is 28.9 Å². The van der Waals surface area contributed by atoms with E-state index in [0.29, 0.717) is 43.8 Å². The topological polar surface area (TPSA) is 57.5 Å². The van der Waals surface area contributed by atoms with Gasteiger partial charge in [0.1, 0.15) is 0 Å². The Balaban J connectivity index is 1.86. The average Bonchev–Trinajstić information content (AvgIpc) is 3.17. The second kappa shape index (κ2) is 7.12. The van der Waals surface area contributed by atoms with Gasteiger partial charge in [-0.05, 0) is 39.6 Å². The molecular formula is C29H18F2O3. The molecule has 0 fully saturated rings. The van der Waals surface area contributed by atoms with E-state index in [4.69, 9.17) is 0 Å². The Morgan fingerprint density at radius 2 is 1.06 bits per heavy atom. The van der Waals surface area contributed by atoms with Crippen molar-refractivity contribution >= 4 is 27.3 Å². The monoisotopic (exact) mass is 452 g/mol. The van der Waals surface area contributed by atoms with Gasteiger partial charge in [0, 0.05) is 22.8 Å². The highest BCUT2D eigenvalue weighted by molar-refractivity contribution is 6.07. The van der Waals surface area contributed by atoms with Gasteiger partial charge in [-0.1, -0.05) is 72.8 Å². The number of ketones is 1. The first-order valence-corrected chi connectivity index (χ1v) is 10.9. The summed E-state index contributed by atoms with van der Waals surface area (Å²) >= 11 is 0. The molecule has 5 heteroatoms. The van der Waals surface area contributed by atoms with Gasteiger partial charge in [-0.3, -0.25) is 4.79 Å². The molecule has 0 atom stereocenters. The predicted molar refractivity (Wildman–Crippen MR) is 126 cm³/mol. The maximum absolute atomic E-state index is 15.1. The molecule has 6 rings (SSSR count). The second-order valence-corrected chi connectivity index (χ2v) is 8.65. The average molecular weight is 452 g/mol. The third-order valence-electron chi connectivity index (χ3n) is 6.97. The standard InChI is InChI=1S/C29H18F2O3/c30-24-13-22(16-7-1-3-9-18(16)27(24)33)29(15-26(32)20-11-5-6-12-21(20)29)23-14-25(31)28(34)19-10-4-2-8-17(19)23/h1-14,33-34H,15H2. The lowest BCUT2D eigenvalue weighted by Crippen LogP contribution is -2.28. The van der Waals surface area contributed by atoms with E-state index in [1.54, 1.807) is 72.8 Å². The number of hydrogen-bond donors (Lipinski definition) is 2. The molecule has 0 saturated heterocycles. The Kier molecular flexibility index (Phi) is 4.27. The Labute approximate surface area is 193 Å². The molecule has 0 saturated carbocycles. The molecule has 0 unspecified atom stereocenters.